The average molecular weight is 346 g/mol. The first-order valence-electron chi connectivity index (χ1n) is 6.87. The van der Waals surface area contributed by atoms with Gasteiger partial charge in [-0.25, -0.2) is 0 Å². The first kappa shape index (κ1) is 14.0. The van der Waals surface area contributed by atoms with Crippen LogP contribution in [0, 0.1) is 6.92 Å². The van der Waals surface area contributed by atoms with Crippen molar-refractivity contribution in [1.82, 2.24) is 19.8 Å². The summed E-state index contributed by atoms with van der Waals surface area (Å²) in [4.78, 5) is 0. The van der Waals surface area contributed by atoms with Crippen molar-refractivity contribution < 1.29 is 0 Å². The minimum Gasteiger partial charge on any atom is -0.365 e. The molecule has 0 aliphatic carbocycles. The lowest BCUT2D eigenvalue weighted by Crippen LogP contribution is -2.06. The minimum absolute atomic E-state index is 0.730. The van der Waals surface area contributed by atoms with Crippen molar-refractivity contribution in [1.29, 1.82) is 0 Å². The molecule has 5 nitrogen and oxygen atoms in total. The van der Waals surface area contributed by atoms with E-state index in [1.165, 1.54) is 11.1 Å². The third kappa shape index (κ3) is 2.90. The highest BCUT2D eigenvalue weighted by atomic mass is 79.9. The van der Waals surface area contributed by atoms with Gasteiger partial charge in [-0.15, -0.1) is 15.3 Å². The van der Waals surface area contributed by atoms with Gasteiger partial charge in [0.2, 0.25) is 0 Å². The molecule has 3 aromatic rings. The van der Waals surface area contributed by atoms with Crippen molar-refractivity contribution >= 4 is 27.4 Å². The van der Waals surface area contributed by atoms with Gasteiger partial charge in [0, 0.05) is 17.4 Å². The normalized spacial score (nSPS) is 11.0. The van der Waals surface area contributed by atoms with Gasteiger partial charge in [-0.2, -0.15) is 4.52 Å². The lowest BCUT2D eigenvalue weighted by Gasteiger charge is -2.09. The number of aryl methyl sites for hydroxylation is 2. The first-order valence-corrected chi connectivity index (χ1v) is 7.67. The van der Waals surface area contributed by atoms with Crippen LogP contribution in [-0.2, 0) is 13.0 Å². The molecule has 0 bridgehead atoms. The monoisotopic (exact) mass is 345 g/mol. The second-order valence-electron chi connectivity index (χ2n) is 4.88. The molecule has 0 unspecified atom stereocenters. The second-order valence-corrected chi connectivity index (χ2v) is 5.80. The summed E-state index contributed by atoms with van der Waals surface area (Å²) in [5, 5.41) is 16.1. The van der Waals surface area contributed by atoms with E-state index in [1.54, 1.807) is 4.52 Å². The highest BCUT2D eigenvalue weighted by molar-refractivity contribution is 9.10. The predicted octanol–water partition coefficient (Wildman–Crippen LogP) is 3.37. The van der Waals surface area contributed by atoms with E-state index in [0.29, 0.717) is 0 Å². The SMILES string of the molecule is CCc1nnc2ccc(NCc3cc(Br)ccc3C)nn12. The number of fused-ring (bicyclic) bond motifs is 1. The van der Waals surface area contributed by atoms with Crippen LogP contribution in [0.4, 0.5) is 5.82 Å². The standard InChI is InChI=1S/C15H16BrN5/c1-3-14-18-19-15-7-6-13(20-21(14)15)17-9-11-8-12(16)5-4-10(11)2/h4-8H,3,9H2,1-2H3,(H,17,20). The number of halogens is 1. The van der Waals surface area contributed by atoms with Crippen LogP contribution in [0.5, 0.6) is 0 Å². The zero-order valence-electron chi connectivity index (χ0n) is 12.0. The molecule has 21 heavy (non-hydrogen) atoms. The summed E-state index contributed by atoms with van der Waals surface area (Å²) in [6.07, 6.45) is 0.808. The summed E-state index contributed by atoms with van der Waals surface area (Å²) in [5.74, 6) is 1.68. The summed E-state index contributed by atoms with van der Waals surface area (Å²) < 4.78 is 2.87. The molecule has 0 fully saturated rings. The van der Waals surface area contributed by atoms with Crippen molar-refractivity contribution in [2.75, 3.05) is 5.32 Å². The summed E-state index contributed by atoms with van der Waals surface area (Å²) >= 11 is 3.50. The van der Waals surface area contributed by atoms with Crippen LogP contribution >= 0.6 is 15.9 Å². The van der Waals surface area contributed by atoms with Crippen LogP contribution in [0.1, 0.15) is 23.9 Å². The van der Waals surface area contributed by atoms with Crippen molar-refractivity contribution in [3.8, 4) is 0 Å². The van der Waals surface area contributed by atoms with Crippen molar-refractivity contribution in [2.45, 2.75) is 26.8 Å². The van der Waals surface area contributed by atoms with E-state index in [-0.39, 0.29) is 0 Å². The number of benzene rings is 1. The van der Waals surface area contributed by atoms with Crippen molar-refractivity contribution in [3.05, 3.63) is 51.8 Å². The summed E-state index contributed by atoms with van der Waals surface area (Å²) in [6, 6.07) is 10.1. The van der Waals surface area contributed by atoms with E-state index in [9.17, 15) is 0 Å². The Labute approximate surface area is 131 Å². The third-order valence-corrected chi connectivity index (χ3v) is 3.91. The molecule has 1 aromatic carbocycles. The van der Waals surface area contributed by atoms with Gasteiger partial charge in [-0.1, -0.05) is 28.9 Å². The van der Waals surface area contributed by atoms with Gasteiger partial charge in [0.1, 0.15) is 5.82 Å². The van der Waals surface area contributed by atoms with Crippen molar-refractivity contribution in [2.24, 2.45) is 0 Å². The first-order chi connectivity index (χ1) is 10.2. The molecule has 0 aliphatic heterocycles. The molecule has 2 heterocycles. The molecule has 1 N–H and O–H groups in total. The maximum atomic E-state index is 4.54. The lowest BCUT2D eigenvalue weighted by molar-refractivity contribution is 0.822. The van der Waals surface area contributed by atoms with Crippen molar-refractivity contribution in [3.63, 3.8) is 0 Å². The molecule has 0 radical (unpaired) electrons. The fourth-order valence-corrected chi connectivity index (χ4v) is 2.57. The summed E-state index contributed by atoms with van der Waals surface area (Å²) in [7, 11) is 0. The van der Waals surface area contributed by atoms with E-state index in [2.05, 4.69) is 55.6 Å². The highest BCUT2D eigenvalue weighted by Crippen LogP contribution is 2.17. The number of rotatable bonds is 4. The van der Waals surface area contributed by atoms with Crippen LogP contribution in [-0.4, -0.2) is 19.8 Å². The minimum atomic E-state index is 0.730. The van der Waals surface area contributed by atoms with E-state index in [4.69, 9.17) is 0 Å². The molecule has 108 valence electrons. The van der Waals surface area contributed by atoms with Gasteiger partial charge in [-0.05, 0) is 42.3 Å². The fourth-order valence-electron chi connectivity index (χ4n) is 2.16. The number of nitrogens with zero attached hydrogens (tertiary/aromatic N) is 4. The van der Waals surface area contributed by atoms with Gasteiger partial charge in [0.15, 0.2) is 11.5 Å². The van der Waals surface area contributed by atoms with Gasteiger partial charge in [0.25, 0.3) is 0 Å². The Morgan fingerprint density at radius 1 is 1.19 bits per heavy atom. The van der Waals surface area contributed by atoms with Crippen LogP contribution in [0.2, 0.25) is 0 Å². The zero-order valence-corrected chi connectivity index (χ0v) is 13.6. The Bertz CT molecular complexity index is 781. The Hall–Kier alpha value is -1.95. The van der Waals surface area contributed by atoms with Crippen LogP contribution in [0.15, 0.2) is 34.8 Å². The smallest absolute Gasteiger partial charge is 0.178 e. The molecule has 6 heteroatoms. The molecule has 0 spiro atoms. The Kier molecular flexibility index (Phi) is 3.88. The number of hydrogen-bond donors (Lipinski definition) is 1. The molecular formula is C15H16BrN5. The maximum absolute atomic E-state index is 4.54. The Morgan fingerprint density at radius 3 is 2.86 bits per heavy atom. The van der Waals surface area contributed by atoms with Gasteiger partial charge >= 0.3 is 0 Å². The molecule has 2 aromatic heterocycles. The average Bonchev–Trinajstić information content (AvgIpc) is 2.90. The molecule has 0 amide bonds. The lowest BCUT2D eigenvalue weighted by atomic mass is 10.1. The number of nitrogens with one attached hydrogen (secondary N) is 1. The molecule has 0 atom stereocenters. The fraction of sp³-hybridized carbons (Fsp3) is 0.267. The molecule has 0 saturated carbocycles. The Morgan fingerprint density at radius 2 is 2.05 bits per heavy atom. The van der Waals surface area contributed by atoms with Crippen LogP contribution < -0.4 is 5.32 Å². The number of aromatic nitrogens is 4. The van der Waals surface area contributed by atoms with Crippen LogP contribution in [0.3, 0.4) is 0 Å². The van der Waals surface area contributed by atoms with Gasteiger partial charge in [-0.3, -0.25) is 0 Å². The summed E-state index contributed by atoms with van der Waals surface area (Å²) in [5.41, 5.74) is 3.27. The molecular weight excluding hydrogens is 330 g/mol. The van der Waals surface area contributed by atoms with E-state index in [1.807, 2.05) is 25.1 Å². The topological polar surface area (TPSA) is 55.1 Å². The maximum Gasteiger partial charge on any atom is 0.178 e. The molecule has 3 rings (SSSR count). The van der Waals surface area contributed by atoms with E-state index in [0.717, 1.165) is 34.7 Å². The summed E-state index contributed by atoms with van der Waals surface area (Å²) in [6.45, 7) is 4.88. The quantitative estimate of drug-likeness (QED) is 0.787. The Balaban J connectivity index is 1.83. The van der Waals surface area contributed by atoms with Gasteiger partial charge in [0.05, 0.1) is 0 Å². The van der Waals surface area contributed by atoms with E-state index < -0.39 is 0 Å². The predicted molar refractivity (Wildman–Crippen MR) is 86.4 cm³/mol. The highest BCUT2D eigenvalue weighted by Gasteiger charge is 2.06. The largest absolute Gasteiger partial charge is 0.365 e. The molecule has 0 saturated heterocycles. The van der Waals surface area contributed by atoms with Crippen LogP contribution in [0.25, 0.3) is 5.65 Å². The third-order valence-electron chi connectivity index (χ3n) is 3.41. The molecule has 0 aliphatic rings. The number of hydrogen-bond acceptors (Lipinski definition) is 4. The van der Waals surface area contributed by atoms with E-state index >= 15 is 0 Å². The number of anilines is 1. The second kappa shape index (κ2) is 5.81. The van der Waals surface area contributed by atoms with Gasteiger partial charge < -0.3 is 5.32 Å². The zero-order chi connectivity index (χ0) is 14.8.